The lowest BCUT2D eigenvalue weighted by Gasteiger charge is -2.10. The molecule has 3 heterocycles. The number of aliphatic hydroxyl groups excluding tert-OH is 3. The first kappa shape index (κ1) is 14.6. The van der Waals surface area contributed by atoms with E-state index in [1.54, 1.807) is 0 Å². The van der Waals surface area contributed by atoms with Crippen LogP contribution in [0.5, 0.6) is 5.75 Å². The third kappa shape index (κ3) is 2.40. The predicted octanol–water partition coefficient (Wildman–Crippen LogP) is -0.174. The number of fused-ring (bicyclic) bond motifs is 1. The zero-order chi connectivity index (χ0) is 16.0. The van der Waals surface area contributed by atoms with Crippen LogP contribution in [0.4, 0.5) is 0 Å². The molecule has 2 aromatic rings. The molecule has 2 aliphatic rings. The van der Waals surface area contributed by atoms with E-state index in [0.29, 0.717) is 12.4 Å². The lowest BCUT2D eigenvalue weighted by Crippen LogP contribution is -2.32. The summed E-state index contributed by atoms with van der Waals surface area (Å²) >= 11 is 0. The van der Waals surface area contributed by atoms with E-state index in [1.165, 1.54) is 0 Å². The molecule has 122 valence electrons. The molecule has 23 heavy (non-hydrogen) atoms. The highest BCUT2D eigenvalue weighted by Gasteiger charge is 2.45. The molecule has 0 bridgehead atoms. The summed E-state index contributed by atoms with van der Waals surface area (Å²) < 4.78 is 16.0. The van der Waals surface area contributed by atoms with E-state index < -0.39 is 31.0 Å². The quantitative estimate of drug-likeness (QED) is 0.713. The minimum Gasteiger partial charge on any atom is -0.493 e. The Kier molecular flexibility index (Phi) is 3.53. The number of aliphatic hydroxyl groups is 3. The molecule has 8 nitrogen and oxygen atoms in total. The Balaban J connectivity index is 1.60. The second kappa shape index (κ2) is 5.57. The highest BCUT2D eigenvalue weighted by atomic mass is 16.6. The first-order valence-electron chi connectivity index (χ1n) is 7.39. The van der Waals surface area contributed by atoms with Crippen LogP contribution in [0.1, 0.15) is 17.6 Å². The van der Waals surface area contributed by atoms with Gasteiger partial charge in [-0.15, -0.1) is 0 Å². The minimum absolute atomic E-state index is 0.0687. The van der Waals surface area contributed by atoms with Crippen LogP contribution in [0, 0.1) is 0 Å². The third-order valence-corrected chi connectivity index (χ3v) is 4.18. The molecular formula is C15H16N2O6. The van der Waals surface area contributed by atoms with Crippen LogP contribution in [0.15, 0.2) is 22.7 Å². The van der Waals surface area contributed by atoms with Crippen molar-refractivity contribution in [2.75, 3.05) is 13.2 Å². The first-order chi connectivity index (χ1) is 11.2. The predicted molar refractivity (Wildman–Crippen MR) is 75.6 cm³/mol. The van der Waals surface area contributed by atoms with Gasteiger partial charge in [0.2, 0.25) is 5.82 Å². The van der Waals surface area contributed by atoms with Gasteiger partial charge in [-0.3, -0.25) is 0 Å². The van der Waals surface area contributed by atoms with Gasteiger partial charge in [0.05, 0.1) is 13.2 Å². The lowest BCUT2D eigenvalue weighted by molar-refractivity contribution is -0.0325. The molecule has 0 spiro atoms. The number of ether oxygens (including phenoxy) is 2. The van der Waals surface area contributed by atoms with Crippen LogP contribution in [0.25, 0.3) is 11.4 Å². The average Bonchev–Trinajstić information content (AvgIpc) is 3.27. The van der Waals surface area contributed by atoms with Crippen molar-refractivity contribution >= 4 is 0 Å². The number of nitrogens with zero attached hydrogens (tertiary/aromatic N) is 2. The zero-order valence-corrected chi connectivity index (χ0v) is 12.1. The maximum atomic E-state index is 9.99. The van der Waals surface area contributed by atoms with E-state index in [0.717, 1.165) is 23.3 Å². The zero-order valence-electron chi connectivity index (χ0n) is 12.1. The molecule has 8 heteroatoms. The van der Waals surface area contributed by atoms with Crippen molar-refractivity contribution in [2.24, 2.45) is 0 Å². The van der Waals surface area contributed by atoms with Crippen molar-refractivity contribution in [3.63, 3.8) is 0 Å². The van der Waals surface area contributed by atoms with Crippen LogP contribution in [-0.4, -0.2) is 57.0 Å². The second-order valence-corrected chi connectivity index (χ2v) is 5.64. The molecule has 0 unspecified atom stereocenters. The maximum absolute atomic E-state index is 9.99. The molecule has 4 atom stereocenters. The molecule has 2 aliphatic heterocycles. The summed E-state index contributed by atoms with van der Waals surface area (Å²) in [4.78, 5) is 4.25. The topological polar surface area (TPSA) is 118 Å². The fourth-order valence-corrected chi connectivity index (χ4v) is 2.90. The summed E-state index contributed by atoms with van der Waals surface area (Å²) in [5, 5.41) is 32.8. The summed E-state index contributed by atoms with van der Waals surface area (Å²) in [5.74, 6) is 1.30. The lowest BCUT2D eigenvalue weighted by atomic mass is 10.1. The summed E-state index contributed by atoms with van der Waals surface area (Å²) in [6, 6.07) is 5.63. The van der Waals surface area contributed by atoms with Crippen LogP contribution in [-0.2, 0) is 11.2 Å². The number of benzene rings is 1. The van der Waals surface area contributed by atoms with Gasteiger partial charge in [0.15, 0.2) is 6.10 Å². The molecule has 0 saturated carbocycles. The molecule has 0 amide bonds. The van der Waals surface area contributed by atoms with Crippen LogP contribution in [0.3, 0.4) is 0 Å². The van der Waals surface area contributed by atoms with Gasteiger partial charge < -0.3 is 29.3 Å². The maximum Gasteiger partial charge on any atom is 0.258 e. The number of rotatable bonds is 3. The number of hydrogen-bond donors (Lipinski definition) is 3. The molecule has 1 aromatic carbocycles. The highest BCUT2D eigenvalue weighted by Crippen LogP contribution is 2.34. The normalized spacial score (nSPS) is 29.5. The van der Waals surface area contributed by atoms with Gasteiger partial charge in [-0.25, -0.2) is 0 Å². The van der Waals surface area contributed by atoms with Gasteiger partial charge >= 0.3 is 0 Å². The fraction of sp³-hybridized carbons (Fsp3) is 0.467. The van der Waals surface area contributed by atoms with Crippen molar-refractivity contribution in [1.82, 2.24) is 10.1 Å². The van der Waals surface area contributed by atoms with Crippen LogP contribution < -0.4 is 4.74 Å². The van der Waals surface area contributed by atoms with Gasteiger partial charge in [-0.05, 0) is 23.8 Å². The van der Waals surface area contributed by atoms with E-state index in [9.17, 15) is 10.2 Å². The minimum atomic E-state index is -1.23. The molecule has 1 aromatic heterocycles. The second-order valence-electron chi connectivity index (χ2n) is 5.64. The van der Waals surface area contributed by atoms with Crippen LogP contribution in [0.2, 0.25) is 0 Å². The molecule has 0 radical (unpaired) electrons. The molecule has 4 rings (SSSR count). The van der Waals surface area contributed by atoms with Gasteiger partial charge in [-0.1, -0.05) is 5.16 Å². The Hall–Kier alpha value is -2.00. The standard InChI is InChI=1S/C15H16N2O6/c18-6-10-11(19)12(20)13(22-10)15-16-14(17-23-15)8-1-2-9-7(5-8)3-4-21-9/h1-2,5,10-13,18-20H,3-4,6H2/t10-,11-,12-,13-/m1/s1. The molecule has 3 N–H and O–H groups in total. The number of aromatic nitrogens is 2. The highest BCUT2D eigenvalue weighted by molar-refractivity contribution is 5.59. The molecule has 1 fully saturated rings. The Labute approximate surface area is 131 Å². The monoisotopic (exact) mass is 320 g/mol. The third-order valence-electron chi connectivity index (χ3n) is 4.18. The van der Waals surface area contributed by atoms with Crippen molar-refractivity contribution in [3.8, 4) is 17.1 Å². The van der Waals surface area contributed by atoms with Crippen molar-refractivity contribution < 1.29 is 29.3 Å². The van der Waals surface area contributed by atoms with E-state index >= 15 is 0 Å². The van der Waals surface area contributed by atoms with Crippen molar-refractivity contribution in [3.05, 3.63) is 29.7 Å². The molecule has 1 saturated heterocycles. The Morgan fingerprint density at radius 2 is 2.09 bits per heavy atom. The summed E-state index contributed by atoms with van der Waals surface area (Å²) in [6.07, 6.45) is -3.42. The Bertz CT molecular complexity index is 718. The van der Waals surface area contributed by atoms with Gasteiger partial charge in [-0.2, -0.15) is 4.98 Å². The summed E-state index contributed by atoms with van der Waals surface area (Å²) in [6.45, 7) is 0.263. The smallest absolute Gasteiger partial charge is 0.258 e. The summed E-state index contributed by atoms with van der Waals surface area (Å²) in [7, 11) is 0. The van der Waals surface area contributed by atoms with E-state index in [-0.39, 0.29) is 5.89 Å². The van der Waals surface area contributed by atoms with E-state index in [4.69, 9.17) is 19.1 Å². The average molecular weight is 320 g/mol. The molecule has 0 aliphatic carbocycles. The van der Waals surface area contributed by atoms with Gasteiger partial charge in [0.1, 0.15) is 24.1 Å². The van der Waals surface area contributed by atoms with Crippen LogP contribution >= 0.6 is 0 Å². The van der Waals surface area contributed by atoms with Gasteiger partial charge in [0, 0.05) is 12.0 Å². The largest absolute Gasteiger partial charge is 0.493 e. The number of hydrogen-bond acceptors (Lipinski definition) is 8. The molecular weight excluding hydrogens is 304 g/mol. The van der Waals surface area contributed by atoms with Gasteiger partial charge in [0.25, 0.3) is 5.89 Å². The SMILES string of the molecule is OC[C@H]1O[C@@H](c2nc(-c3ccc4c(c3)CCO4)no2)[C@H](O)[C@@H]1O. The van der Waals surface area contributed by atoms with Crippen molar-refractivity contribution in [2.45, 2.75) is 30.8 Å². The van der Waals surface area contributed by atoms with E-state index in [2.05, 4.69) is 10.1 Å². The Morgan fingerprint density at radius 1 is 1.22 bits per heavy atom. The van der Waals surface area contributed by atoms with Crippen molar-refractivity contribution in [1.29, 1.82) is 0 Å². The Morgan fingerprint density at radius 3 is 2.87 bits per heavy atom. The summed E-state index contributed by atoms with van der Waals surface area (Å²) in [5.41, 5.74) is 1.86. The van der Waals surface area contributed by atoms with E-state index in [1.807, 2.05) is 18.2 Å². The first-order valence-corrected chi connectivity index (χ1v) is 7.39. The fourth-order valence-electron chi connectivity index (χ4n) is 2.90.